The summed E-state index contributed by atoms with van der Waals surface area (Å²) in [6.07, 6.45) is 25.7. The standard InChI is InChI=1S/C33H67N2O6P/c1-6-8-10-12-14-15-16-17-18-19-21-22-24-26-32(36)31(30-41-42(38,39)40-29-28-35(3,4)5)34-33(37)27-25-23-20-13-11-9-7-2/h24,26,31-32,36H,6-23,25,27-30H2,1-5H3,(H-,34,37,38,39)/p+1/b26-24+/t31-,32+/m0/s1. The molecular formula is C33H68N2O6P+. The summed E-state index contributed by atoms with van der Waals surface area (Å²) >= 11 is 0. The zero-order chi connectivity index (χ0) is 31.5. The van der Waals surface area contributed by atoms with Crippen molar-refractivity contribution in [3.05, 3.63) is 12.2 Å². The molecule has 9 heteroatoms. The molecule has 3 N–H and O–H groups in total. The molecule has 250 valence electrons. The first-order valence-electron chi connectivity index (χ1n) is 17.1. The third kappa shape index (κ3) is 28.0. The predicted molar refractivity (Wildman–Crippen MR) is 175 cm³/mol. The second kappa shape index (κ2) is 26.6. The maximum atomic E-state index is 12.6. The number of allylic oxidation sites excluding steroid dienone is 1. The van der Waals surface area contributed by atoms with Crippen molar-refractivity contribution in [2.24, 2.45) is 0 Å². The molecule has 0 saturated heterocycles. The van der Waals surface area contributed by atoms with E-state index in [1.54, 1.807) is 6.08 Å². The van der Waals surface area contributed by atoms with Crippen LogP contribution >= 0.6 is 7.82 Å². The number of likely N-dealkylation sites (N-methyl/N-ethyl adjacent to an activating group) is 1. The van der Waals surface area contributed by atoms with Gasteiger partial charge in [0.1, 0.15) is 13.2 Å². The first kappa shape index (κ1) is 41.2. The van der Waals surface area contributed by atoms with Gasteiger partial charge in [-0.1, -0.05) is 129 Å². The van der Waals surface area contributed by atoms with Gasteiger partial charge in [-0.2, -0.15) is 0 Å². The summed E-state index contributed by atoms with van der Waals surface area (Å²) in [5.74, 6) is -0.186. The van der Waals surface area contributed by atoms with E-state index in [9.17, 15) is 19.4 Å². The Kier molecular flexibility index (Phi) is 26.1. The molecule has 8 nitrogen and oxygen atoms in total. The highest BCUT2D eigenvalue weighted by Gasteiger charge is 2.27. The van der Waals surface area contributed by atoms with E-state index in [1.165, 1.54) is 83.5 Å². The van der Waals surface area contributed by atoms with Gasteiger partial charge in [0.15, 0.2) is 0 Å². The number of phosphoric ester groups is 1. The van der Waals surface area contributed by atoms with Crippen molar-refractivity contribution < 1.29 is 32.9 Å². The molecule has 0 aliphatic carbocycles. The van der Waals surface area contributed by atoms with Crippen molar-refractivity contribution in [1.82, 2.24) is 5.32 Å². The molecule has 3 atom stereocenters. The van der Waals surface area contributed by atoms with Gasteiger partial charge in [-0.25, -0.2) is 4.57 Å². The minimum Gasteiger partial charge on any atom is -0.387 e. The van der Waals surface area contributed by atoms with Crippen LogP contribution in [-0.2, 0) is 18.4 Å². The van der Waals surface area contributed by atoms with E-state index in [-0.39, 0.29) is 19.1 Å². The largest absolute Gasteiger partial charge is 0.472 e. The Morgan fingerprint density at radius 1 is 0.786 bits per heavy atom. The van der Waals surface area contributed by atoms with Crippen molar-refractivity contribution in [3.8, 4) is 0 Å². The zero-order valence-corrected chi connectivity index (χ0v) is 28.9. The van der Waals surface area contributed by atoms with Crippen LogP contribution in [0.25, 0.3) is 0 Å². The van der Waals surface area contributed by atoms with Gasteiger partial charge in [0.2, 0.25) is 5.91 Å². The molecule has 0 aliphatic heterocycles. The van der Waals surface area contributed by atoms with Crippen molar-refractivity contribution in [1.29, 1.82) is 0 Å². The molecular weight excluding hydrogens is 551 g/mol. The van der Waals surface area contributed by atoms with Gasteiger partial charge in [-0.3, -0.25) is 13.8 Å². The number of amides is 1. The third-order valence-corrected chi connectivity index (χ3v) is 8.49. The third-order valence-electron chi connectivity index (χ3n) is 7.51. The number of carbonyl (C=O) groups is 1. The average Bonchev–Trinajstić information content (AvgIpc) is 2.92. The molecule has 0 rings (SSSR count). The van der Waals surface area contributed by atoms with E-state index < -0.39 is 20.0 Å². The van der Waals surface area contributed by atoms with E-state index in [2.05, 4.69) is 19.2 Å². The van der Waals surface area contributed by atoms with E-state index in [1.807, 2.05) is 27.2 Å². The van der Waals surface area contributed by atoms with E-state index in [4.69, 9.17) is 9.05 Å². The van der Waals surface area contributed by atoms with Crippen LogP contribution in [0.2, 0.25) is 0 Å². The van der Waals surface area contributed by atoms with Crippen LogP contribution in [0.4, 0.5) is 0 Å². The van der Waals surface area contributed by atoms with Gasteiger partial charge < -0.3 is 19.8 Å². The second-order valence-corrected chi connectivity index (χ2v) is 14.4. The minimum atomic E-state index is -4.31. The highest BCUT2D eigenvalue weighted by Crippen LogP contribution is 2.43. The number of carbonyl (C=O) groups excluding carboxylic acids is 1. The van der Waals surface area contributed by atoms with Crippen molar-refractivity contribution in [3.63, 3.8) is 0 Å². The van der Waals surface area contributed by atoms with Gasteiger partial charge in [0.05, 0.1) is 39.9 Å². The Bertz CT molecular complexity index is 713. The Balaban J connectivity index is 4.58. The summed E-state index contributed by atoms with van der Waals surface area (Å²) in [6.45, 7) is 4.73. The number of nitrogens with zero attached hydrogens (tertiary/aromatic N) is 1. The molecule has 0 heterocycles. The van der Waals surface area contributed by atoms with Crippen LogP contribution in [0.15, 0.2) is 12.2 Å². The first-order chi connectivity index (χ1) is 20.0. The molecule has 0 spiro atoms. The van der Waals surface area contributed by atoms with Gasteiger partial charge in [-0.05, 0) is 19.3 Å². The molecule has 0 aromatic carbocycles. The SMILES string of the molecule is CCCCCCCCCCCCC/C=C/[C@@H](O)[C@H](COP(=O)(O)OCC[N+](C)(C)C)NC(=O)CCCCCCCCC. The van der Waals surface area contributed by atoms with Crippen LogP contribution in [0, 0.1) is 0 Å². The lowest BCUT2D eigenvalue weighted by Gasteiger charge is -2.25. The topological polar surface area (TPSA) is 105 Å². The van der Waals surface area contributed by atoms with E-state index in [0.717, 1.165) is 38.5 Å². The molecule has 0 aliphatic rings. The van der Waals surface area contributed by atoms with Gasteiger partial charge in [-0.15, -0.1) is 0 Å². The Morgan fingerprint density at radius 2 is 1.26 bits per heavy atom. The number of phosphoric acid groups is 1. The molecule has 0 saturated carbocycles. The smallest absolute Gasteiger partial charge is 0.387 e. The number of quaternary nitrogens is 1. The number of aliphatic hydroxyl groups is 1. The van der Waals surface area contributed by atoms with Crippen LogP contribution in [-0.4, -0.2) is 73.4 Å². The normalized spacial score (nSPS) is 15.1. The maximum Gasteiger partial charge on any atom is 0.472 e. The molecule has 42 heavy (non-hydrogen) atoms. The number of hydrogen-bond acceptors (Lipinski definition) is 5. The monoisotopic (exact) mass is 619 g/mol. The Hall–Kier alpha value is -0.760. The molecule has 1 amide bonds. The van der Waals surface area contributed by atoms with Gasteiger partial charge in [0, 0.05) is 6.42 Å². The number of hydrogen-bond donors (Lipinski definition) is 3. The Labute approximate surface area is 259 Å². The molecule has 0 aromatic heterocycles. The second-order valence-electron chi connectivity index (χ2n) is 12.9. The van der Waals surface area contributed by atoms with Gasteiger partial charge in [0.25, 0.3) is 0 Å². The fourth-order valence-corrected chi connectivity index (χ4v) is 5.42. The maximum absolute atomic E-state index is 12.6. The van der Waals surface area contributed by atoms with Crippen molar-refractivity contribution in [2.75, 3.05) is 40.9 Å². The van der Waals surface area contributed by atoms with Crippen molar-refractivity contribution >= 4 is 13.7 Å². The van der Waals surface area contributed by atoms with Gasteiger partial charge >= 0.3 is 7.82 Å². The fourth-order valence-electron chi connectivity index (χ4n) is 4.69. The predicted octanol–water partition coefficient (Wildman–Crippen LogP) is 8.07. The summed E-state index contributed by atoms with van der Waals surface area (Å²) in [7, 11) is 1.57. The van der Waals surface area contributed by atoms with E-state index in [0.29, 0.717) is 17.4 Å². The summed E-state index contributed by atoms with van der Waals surface area (Å²) in [5, 5.41) is 13.6. The summed E-state index contributed by atoms with van der Waals surface area (Å²) < 4.78 is 23.3. The van der Waals surface area contributed by atoms with E-state index >= 15 is 0 Å². The number of nitrogens with one attached hydrogen (secondary N) is 1. The molecule has 0 fully saturated rings. The lowest BCUT2D eigenvalue weighted by atomic mass is 10.0. The van der Waals surface area contributed by atoms with Crippen LogP contribution in [0.5, 0.6) is 0 Å². The molecule has 0 aromatic rings. The average molecular weight is 620 g/mol. The zero-order valence-electron chi connectivity index (χ0n) is 28.0. The van der Waals surface area contributed by atoms with Crippen LogP contribution < -0.4 is 5.32 Å². The number of aliphatic hydroxyl groups excluding tert-OH is 1. The molecule has 0 bridgehead atoms. The highest BCUT2D eigenvalue weighted by atomic mass is 31.2. The quantitative estimate of drug-likeness (QED) is 0.0325. The van der Waals surface area contributed by atoms with Crippen LogP contribution in [0.1, 0.15) is 142 Å². The lowest BCUT2D eigenvalue weighted by molar-refractivity contribution is -0.870. The number of unbranched alkanes of at least 4 members (excludes halogenated alkanes) is 17. The summed E-state index contributed by atoms with van der Waals surface area (Å²) in [4.78, 5) is 22.8. The van der Waals surface area contributed by atoms with Crippen LogP contribution in [0.3, 0.4) is 0 Å². The molecule has 1 unspecified atom stereocenters. The Morgan fingerprint density at radius 3 is 1.76 bits per heavy atom. The summed E-state index contributed by atoms with van der Waals surface area (Å²) in [6, 6.07) is -0.835. The first-order valence-corrected chi connectivity index (χ1v) is 18.6. The fraction of sp³-hybridized carbons (Fsp3) is 0.909. The number of rotatable bonds is 30. The summed E-state index contributed by atoms with van der Waals surface area (Å²) in [5.41, 5.74) is 0. The lowest BCUT2D eigenvalue weighted by Crippen LogP contribution is -2.45. The highest BCUT2D eigenvalue weighted by molar-refractivity contribution is 7.47. The molecule has 0 radical (unpaired) electrons. The minimum absolute atomic E-state index is 0.0635. The van der Waals surface area contributed by atoms with Crippen molar-refractivity contribution in [2.45, 2.75) is 154 Å².